The number of carbonyl (C=O) groups excluding carboxylic acids is 2. The second-order valence-corrected chi connectivity index (χ2v) is 7.42. The third-order valence-corrected chi connectivity index (χ3v) is 5.42. The van der Waals surface area contributed by atoms with Gasteiger partial charge in [0.25, 0.3) is 5.91 Å². The summed E-state index contributed by atoms with van der Waals surface area (Å²) < 4.78 is 1.24. The molecule has 7 heteroatoms. The van der Waals surface area contributed by atoms with Crippen molar-refractivity contribution in [3.05, 3.63) is 69.0 Å². The van der Waals surface area contributed by atoms with Crippen LogP contribution in [0.2, 0.25) is 10.0 Å². The predicted octanol–water partition coefficient (Wildman–Crippen LogP) is 4.30. The van der Waals surface area contributed by atoms with Crippen molar-refractivity contribution >= 4 is 56.4 Å². The van der Waals surface area contributed by atoms with Crippen LogP contribution in [0.25, 0.3) is 10.1 Å². The summed E-state index contributed by atoms with van der Waals surface area (Å²) >= 11 is 13.5. The Balaban J connectivity index is 1.46. The number of amides is 2. The molecule has 0 aliphatic heterocycles. The highest BCUT2D eigenvalue weighted by molar-refractivity contribution is 7.17. The molecule has 1 aromatic heterocycles. The largest absolute Gasteiger partial charge is 0.354 e. The molecule has 0 spiro atoms. The van der Waals surface area contributed by atoms with Crippen LogP contribution < -0.4 is 10.6 Å². The lowest BCUT2D eigenvalue weighted by Gasteiger charge is -2.08. The zero-order valence-electron chi connectivity index (χ0n) is 13.7. The molecule has 0 aliphatic rings. The highest BCUT2D eigenvalue weighted by atomic mass is 35.5. The first-order chi connectivity index (χ1) is 12.5. The molecule has 134 valence electrons. The molecule has 0 bridgehead atoms. The maximum absolute atomic E-state index is 12.1. The molecular weight excluding hydrogens is 391 g/mol. The lowest BCUT2D eigenvalue weighted by molar-refractivity contribution is -0.120. The fraction of sp³-hybridized carbons (Fsp3) is 0.158. The molecule has 2 amide bonds. The fourth-order valence-electron chi connectivity index (χ4n) is 2.55. The van der Waals surface area contributed by atoms with Crippen LogP contribution in [0.15, 0.2) is 47.8 Å². The minimum atomic E-state index is -0.411. The quantitative estimate of drug-likeness (QED) is 0.640. The van der Waals surface area contributed by atoms with Crippen molar-refractivity contribution in [2.45, 2.75) is 6.42 Å². The van der Waals surface area contributed by atoms with Gasteiger partial charge in [0.15, 0.2) is 0 Å². The van der Waals surface area contributed by atoms with Gasteiger partial charge in [-0.05, 0) is 47.0 Å². The summed E-state index contributed by atoms with van der Waals surface area (Å²) in [6.45, 7) is 0.402. The van der Waals surface area contributed by atoms with Gasteiger partial charge < -0.3 is 10.6 Å². The Morgan fingerprint density at radius 3 is 2.65 bits per heavy atom. The lowest BCUT2D eigenvalue weighted by atomic mass is 10.1. The van der Waals surface area contributed by atoms with Crippen molar-refractivity contribution in [1.29, 1.82) is 0 Å². The van der Waals surface area contributed by atoms with E-state index in [2.05, 4.69) is 28.1 Å². The fourth-order valence-corrected chi connectivity index (χ4v) is 4.05. The van der Waals surface area contributed by atoms with E-state index in [-0.39, 0.29) is 23.0 Å². The Morgan fingerprint density at radius 2 is 1.85 bits per heavy atom. The molecule has 2 N–H and O–H groups in total. The van der Waals surface area contributed by atoms with Crippen molar-refractivity contribution in [1.82, 2.24) is 10.6 Å². The molecule has 0 saturated heterocycles. The monoisotopic (exact) mass is 406 g/mol. The molecule has 1 heterocycles. The van der Waals surface area contributed by atoms with Crippen LogP contribution in [-0.2, 0) is 11.2 Å². The average molecular weight is 407 g/mol. The second-order valence-electron chi connectivity index (χ2n) is 5.66. The number of hydrogen-bond acceptors (Lipinski definition) is 3. The van der Waals surface area contributed by atoms with Crippen molar-refractivity contribution in [3.8, 4) is 0 Å². The van der Waals surface area contributed by atoms with E-state index in [0.29, 0.717) is 11.6 Å². The summed E-state index contributed by atoms with van der Waals surface area (Å²) in [5.41, 5.74) is 1.50. The van der Waals surface area contributed by atoms with Crippen LogP contribution in [0, 0.1) is 0 Å². The number of carbonyl (C=O) groups is 2. The van der Waals surface area contributed by atoms with E-state index in [1.54, 1.807) is 17.4 Å². The maximum Gasteiger partial charge on any atom is 0.253 e. The highest BCUT2D eigenvalue weighted by Gasteiger charge is 2.12. The minimum absolute atomic E-state index is 0.109. The standard InChI is InChI=1S/C19H16Cl2N2O2S/c20-13-5-6-15(16(21)9-13)19(25)23-10-18(24)22-8-7-12-11-26-17-4-2-1-3-14(12)17/h1-6,9,11H,7-8,10H2,(H,22,24)(H,23,25). The Morgan fingerprint density at radius 1 is 1.04 bits per heavy atom. The van der Waals surface area contributed by atoms with Crippen LogP contribution in [0.3, 0.4) is 0 Å². The molecule has 3 aromatic rings. The third kappa shape index (κ3) is 4.55. The average Bonchev–Trinajstić information content (AvgIpc) is 3.03. The van der Waals surface area contributed by atoms with E-state index in [9.17, 15) is 9.59 Å². The number of rotatable bonds is 6. The first-order valence-corrected chi connectivity index (χ1v) is 9.63. The van der Waals surface area contributed by atoms with Gasteiger partial charge in [0.1, 0.15) is 0 Å². The van der Waals surface area contributed by atoms with Gasteiger partial charge in [-0.2, -0.15) is 0 Å². The zero-order chi connectivity index (χ0) is 18.5. The van der Waals surface area contributed by atoms with E-state index in [4.69, 9.17) is 23.2 Å². The molecule has 0 fully saturated rings. The Labute approximate surface area is 165 Å². The van der Waals surface area contributed by atoms with Gasteiger partial charge >= 0.3 is 0 Å². The van der Waals surface area contributed by atoms with E-state index < -0.39 is 5.91 Å². The highest BCUT2D eigenvalue weighted by Crippen LogP contribution is 2.25. The summed E-state index contributed by atoms with van der Waals surface area (Å²) in [5.74, 6) is -0.659. The number of halogens is 2. The summed E-state index contributed by atoms with van der Waals surface area (Å²) in [4.78, 5) is 24.0. The smallest absolute Gasteiger partial charge is 0.253 e. The summed E-state index contributed by atoms with van der Waals surface area (Å²) in [6, 6.07) is 12.8. The molecular formula is C19H16Cl2N2O2S. The lowest BCUT2D eigenvalue weighted by Crippen LogP contribution is -2.37. The van der Waals surface area contributed by atoms with Crippen LogP contribution in [-0.4, -0.2) is 24.9 Å². The van der Waals surface area contributed by atoms with Crippen molar-refractivity contribution < 1.29 is 9.59 Å². The zero-order valence-corrected chi connectivity index (χ0v) is 16.0. The Hall–Kier alpha value is -2.08. The van der Waals surface area contributed by atoms with Crippen LogP contribution in [0.4, 0.5) is 0 Å². The van der Waals surface area contributed by atoms with E-state index >= 15 is 0 Å². The van der Waals surface area contributed by atoms with Crippen LogP contribution in [0.5, 0.6) is 0 Å². The topological polar surface area (TPSA) is 58.2 Å². The number of nitrogens with one attached hydrogen (secondary N) is 2. The summed E-state index contributed by atoms with van der Waals surface area (Å²) in [6.07, 6.45) is 0.743. The van der Waals surface area contributed by atoms with Crippen molar-refractivity contribution in [2.24, 2.45) is 0 Å². The maximum atomic E-state index is 12.1. The van der Waals surface area contributed by atoms with E-state index in [1.807, 2.05) is 12.1 Å². The van der Waals surface area contributed by atoms with Gasteiger partial charge in [0.05, 0.1) is 17.1 Å². The van der Waals surface area contributed by atoms with E-state index in [1.165, 1.54) is 27.8 Å². The van der Waals surface area contributed by atoms with Gasteiger partial charge in [-0.15, -0.1) is 11.3 Å². The molecule has 3 rings (SSSR count). The number of benzene rings is 2. The summed E-state index contributed by atoms with van der Waals surface area (Å²) in [5, 5.41) is 9.40. The molecule has 0 saturated carbocycles. The Kier molecular flexibility index (Phi) is 6.14. The van der Waals surface area contributed by atoms with Crippen LogP contribution in [0.1, 0.15) is 15.9 Å². The first-order valence-electron chi connectivity index (χ1n) is 7.99. The Bertz CT molecular complexity index is 956. The normalized spacial score (nSPS) is 10.7. The third-order valence-electron chi connectivity index (χ3n) is 3.86. The molecule has 0 atom stereocenters. The SMILES string of the molecule is O=C(CNC(=O)c1ccc(Cl)cc1Cl)NCCc1csc2ccccc12. The molecule has 0 radical (unpaired) electrons. The first kappa shape index (κ1) is 18.7. The van der Waals surface area contributed by atoms with Gasteiger partial charge in [-0.1, -0.05) is 41.4 Å². The van der Waals surface area contributed by atoms with Crippen molar-refractivity contribution in [3.63, 3.8) is 0 Å². The second kappa shape index (κ2) is 8.54. The number of fused-ring (bicyclic) bond motifs is 1. The molecule has 0 aliphatic carbocycles. The molecule has 2 aromatic carbocycles. The van der Waals surface area contributed by atoms with Gasteiger partial charge in [-0.3, -0.25) is 9.59 Å². The van der Waals surface area contributed by atoms with Crippen LogP contribution >= 0.6 is 34.5 Å². The van der Waals surface area contributed by atoms with Gasteiger partial charge in [0.2, 0.25) is 5.91 Å². The summed E-state index contributed by atoms with van der Waals surface area (Å²) in [7, 11) is 0. The minimum Gasteiger partial charge on any atom is -0.354 e. The molecule has 0 unspecified atom stereocenters. The molecule has 4 nitrogen and oxygen atoms in total. The molecule has 26 heavy (non-hydrogen) atoms. The van der Waals surface area contributed by atoms with E-state index in [0.717, 1.165) is 6.42 Å². The van der Waals surface area contributed by atoms with Gasteiger partial charge in [0, 0.05) is 16.3 Å². The number of hydrogen-bond donors (Lipinski definition) is 2. The van der Waals surface area contributed by atoms with Crippen molar-refractivity contribution in [2.75, 3.05) is 13.1 Å². The predicted molar refractivity (Wildman–Crippen MR) is 107 cm³/mol. The van der Waals surface area contributed by atoms with Gasteiger partial charge in [-0.25, -0.2) is 0 Å². The number of thiophene rings is 1.